The number of phenolic OH excluding ortho intramolecular Hbond substituents is 3. The van der Waals surface area contributed by atoms with Gasteiger partial charge in [-0.25, -0.2) is 4.79 Å². The number of ketones is 1. The summed E-state index contributed by atoms with van der Waals surface area (Å²) in [7, 11) is 0. The maximum atomic E-state index is 11.8. The number of carbonyl (C=O) groups excluding carboxylic acids is 1. The molecular formula is C13H8O8. The Hall–Kier alpha value is -3.03. The Morgan fingerprint density at radius 1 is 1.19 bits per heavy atom. The van der Waals surface area contributed by atoms with E-state index in [9.17, 15) is 29.7 Å². The minimum atomic E-state index is -1.33. The zero-order valence-corrected chi connectivity index (χ0v) is 10.3. The number of hydrogen-bond donors (Lipinski definition) is 4. The van der Waals surface area contributed by atoms with Crippen LogP contribution >= 0.6 is 0 Å². The molecule has 0 fully saturated rings. The van der Waals surface area contributed by atoms with Gasteiger partial charge in [0.2, 0.25) is 5.75 Å². The lowest BCUT2D eigenvalue weighted by atomic mass is 9.96. The first-order chi connectivity index (χ1) is 9.82. The highest BCUT2D eigenvalue weighted by Gasteiger charge is 2.40. The Morgan fingerprint density at radius 2 is 1.86 bits per heavy atom. The average molecular weight is 292 g/mol. The smallest absolute Gasteiger partial charge is 0.344 e. The average Bonchev–Trinajstić information content (AvgIpc) is 2.74. The Bertz CT molecular complexity index is 876. The van der Waals surface area contributed by atoms with Gasteiger partial charge in [-0.2, -0.15) is 0 Å². The number of rotatable bonds is 1. The molecule has 1 aromatic heterocycles. The summed E-state index contributed by atoms with van der Waals surface area (Å²) in [4.78, 5) is 34.8. The van der Waals surface area contributed by atoms with Crippen molar-refractivity contribution in [3.8, 4) is 17.2 Å². The van der Waals surface area contributed by atoms with Crippen LogP contribution in [0.4, 0.5) is 0 Å². The molecule has 4 N–H and O–H groups in total. The second-order valence-corrected chi connectivity index (χ2v) is 4.67. The van der Waals surface area contributed by atoms with E-state index < -0.39 is 52.7 Å². The Kier molecular flexibility index (Phi) is 2.46. The Morgan fingerprint density at radius 3 is 2.48 bits per heavy atom. The fraction of sp³-hybridized carbons (Fsp3) is 0.154. The molecule has 1 aromatic carbocycles. The number of carboxylic acids is 1. The summed E-state index contributed by atoms with van der Waals surface area (Å²) in [5.41, 5.74) is -1.19. The third-order valence-electron chi connectivity index (χ3n) is 3.47. The maximum Gasteiger partial charge on any atom is 0.344 e. The molecule has 0 saturated heterocycles. The van der Waals surface area contributed by atoms with Crippen molar-refractivity contribution in [3.05, 3.63) is 27.8 Å². The van der Waals surface area contributed by atoms with E-state index in [1.54, 1.807) is 0 Å². The van der Waals surface area contributed by atoms with Gasteiger partial charge >= 0.3 is 11.6 Å². The lowest BCUT2D eigenvalue weighted by molar-refractivity contribution is -0.138. The number of benzene rings is 1. The van der Waals surface area contributed by atoms with Crippen molar-refractivity contribution in [2.75, 3.05) is 0 Å². The first-order valence-corrected chi connectivity index (χ1v) is 5.83. The van der Waals surface area contributed by atoms with Crippen molar-refractivity contribution in [1.82, 2.24) is 0 Å². The normalized spacial score (nSPS) is 17.1. The van der Waals surface area contributed by atoms with Gasteiger partial charge in [-0.05, 0) is 6.07 Å². The van der Waals surface area contributed by atoms with Crippen LogP contribution in [0.5, 0.6) is 17.2 Å². The summed E-state index contributed by atoms with van der Waals surface area (Å²) < 4.78 is 4.80. The van der Waals surface area contributed by atoms with Crippen molar-refractivity contribution in [1.29, 1.82) is 0 Å². The molecule has 8 nitrogen and oxygen atoms in total. The molecule has 0 aliphatic heterocycles. The van der Waals surface area contributed by atoms with Crippen molar-refractivity contribution in [3.63, 3.8) is 0 Å². The van der Waals surface area contributed by atoms with E-state index in [2.05, 4.69) is 0 Å². The van der Waals surface area contributed by atoms with Crippen LogP contribution in [0.15, 0.2) is 15.3 Å². The van der Waals surface area contributed by atoms with Crippen LogP contribution in [0, 0.1) is 0 Å². The second kappa shape index (κ2) is 3.98. The van der Waals surface area contributed by atoms with Crippen LogP contribution in [-0.4, -0.2) is 32.2 Å². The van der Waals surface area contributed by atoms with Crippen LogP contribution < -0.4 is 5.63 Å². The summed E-state index contributed by atoms with van der Waals surface area (Å²) in [6.07, 6.45) is -0.409. The van der Waals surface area contributed by atoms with E-state index in [4.69, 9.17) is 9.52 Å². The van der Waals surface area contributed by atoms with Crippen LogP contribution in [0.1, 0.15) is 28.5 Å². The predicted molar refractivity (Wildman–Crippen MR) is 66.8 cm³/mol. The molecule has 2 aromatic rings. The van der Waals surface area contributed by atoms with Crippen molar-refractivity contribution >= 4 is 22.5 Å². The Labute approximate surface area is 115 Å². The summed E-state index contributed by atoms with van der Waals surface area (Å²) in [5, 5.41) is 37.4. The molecule has 8 heteroatoms. The number of carboxylic acid groups (broad SMARTS) is 1. The molecule has 21 heavy (non-hydrogen) atoms. The largest absolute Gasteiger partial charge is 0.504 e. The van der Waals surface area contributed by atoms with Crippen LogP contribution in [0.25, 0.3) is 10.8 Å². The number of aromatic hydroxyl groups is 3. The van der Waals surface area contributed by atoms with Gasteiger partial charge < -0.3 is 24.8 Å². The number of Topliss-reactive ketones (excluding diaryl/α,β-unsaturated/α-hetero) is 1. The molecule has 0 spiro atoms. The number of fused-ring (bicyclic) bond motifs is 3. The molecule has 1 aliphatic carbocycles. The predicted octanol–water partition coefficient (Wildman–Crippen LogP) is 0.664. The van der Waals surface area contributed by atoms with E-state index in [1.165, 1.54) is 0 Å². The Balaban J connectivity index is 2.56. The highest BCUT2D eigenvalue weighted by atomic mass is 16.4. The number of hydrogen-bond acceptors (Lipinski definition) is 7. The minimum absolute atomic E-state index is 0.171. The first-order valence-electron chi connectivity index (χ1n) is 5.83. The van der Waals surface area contributed by atoms with E-state index >= 15 is 0 Å². The number of aliphatic carboxylic acids is 1. The van der Waals surface area contributed by atoms with Gasteiger partial charge in [0.15, 0.2) is 23.0 Å². The third-order valence-corrected chi connectivity index (χ3v) is 3.47. The fourth-order valence-corrected chi connectivity index (χ4v) is 2.52. The lowest BCUT2D eigenvalue weighted by Crippen LogP contribution is -2.10. The van der Waals surface area contributed by atoms with Gasteiger partial charge in [-0.15, -0.1) is 0 Å². The number of phenols is 3. The maximum absolute atomic E-state index is 11.8. The van der Waals surface area contributed by atoms with Crippen molar-refractivity contribution in [2.24, 2.45) is 0 Å². The zero-order valence-electron chi connectivity index (χ0n) is 10.3. The molecule has 0 amide bonds. The van der Waals surface area contributed by atoms with Crippen LogP contribution in [0.3, 0.4) is 0 Å². The quantitative estimate of drug-likeness (QED) is 0.561. The summed E-state index contributed by atoms with van der Waals surface area (Å²) in [5.74, 6) is -6.28. The molecule has 108 valence electrons. The molecule has 0 unspecified atom stereocenters. The molecule has 1 aliphatic rings. The van der Waals surface area contributed by atoms with Gasteiger partial charge in [-0.1, -0.05) is 0 Å². The van der Waals surface area contributed by atoms with E-state index in [-0.39, 0.29) is 16.3 Å². The topological polar surface area (TPSA) is 145 Å². The zero-order chi connectivity index (χ0) is 15.5. The molecule has 0 radical (unpaired) electrons. The molecular weight excluding hydrogens is 284 g/mol. The van der Waals surface area contributed by atoms with Gasteiger partial charge in [0.05, 0.1) is 11.3 Å². The third kappa shape index (κ3) is 1.59. The molecule has 1 heterocycles. The van der Waals surface area contributed by atoms with E-state index in [1.807, 2.05) is 0 Å². The second-order valence-electron chi connectivity index (χ2n) is 4.67. The van der Waals surface area contributed by atoms with Gasteiger partial charge in [0.25, 0.3) is 0 Å². The van der Waals surface area contributed by atoms with Gasteiger partial charge in [-0.3, -0.25) is 9.59 Å². The molecule has 1 atom stereocenters. The summed E-state index contributed by atoms with van der Waals surface area (Å²) >= 11 is 0. The molecule has 0 saturated carbocycles. The summed E-state index contributed by atoms with van der Waals surface area (Å²) in [6, 6.07) is 0.845. The van der Waals surface area contributed by atoms with E-state index in [0.717, 1.165) is 6.07 Å². The SMILES string of the molecule is O=C1C[C@@H](C(=O)O)c2c1oc(=O)c1cc(O)c(O)c(O)c21. The van der Waals surface area contributed by atoms with E-state index in [0.29, 0.717) is 0 Å². The highest BCUT2D eigenvalue weighted by Crippen LogP contribution is 2.46. The van der Waals surface area contributed by atoms with Crippen LogP contribution in [0.2, 0.25) is 0 Å². The first kappa shape index (κ1) is 13.0. The van der Waals surface area contributed by atoms with Crippen LogP contribution in [-0.2, 0) is 4.79 Å². The lowest BCUT2D eigenvalue weighted by Gasteiger charge is -2.11. The molecule has 3 rings (SSSR count). The fourth-order valence-electron chi connectivity index (χ4n) is 2.52. The number of carbonyl (C=O) groups is 2. The summed E-state index contributed by atoms with van der Waals surface area (Å²) in [6.45, 7) is 0. The highest BCUT2D eigenvalue weighted by molar-refractivity contribution is 6.10. The molecule has 0 bridgehead atoms. The minimum Gasteiger partial charge on any atom is -0.504 e. The van der Waals surface area contributed by atoms with Gasteiger partial charge in [0, 0.05) is 17.4 Å². The van der Waals surface area contributed by atoms with Crippen molar-refractivity contribution < 1.29 is 34.4 Å². The monoisotopic (exact) mass is 292 g/mol. The van der Waals surface area contributed by atoms with Crippen molar-refractivity contribution in [2.45, 2.75) is 12.3 Å². The van der Waals surface area contributed by atoms with Gasteiger partial charge in [0.1, 0.15) is 0 Å². The standard InChI is InChI=1S/C13H8O8/c14-5-2-4-7(10(17)9(5)16)8-3(12(18)19)1-6(15)11(8)21-13(4)20/h2-3,14,16-17H,1H2,(H,18,19)/t3-/m1/s1.